The van der Waals surface area contributed by atoms with Gasteiger partial charge in [0.1, 0.15) is 11.4 Å². The average molecular weight is 232 g/mol. The number of alkyl halides is 3. The van der Waals surface area contributed by atoms with Crippen LogP contribution < -0.4 is 0 Å². The van der Waals surface area contributed by atoms with Crippen LogP contribution in [0.1, 0.15) is 25.2 Å². The molecule has 0 spiro atoms. The van der Waals surface area contributed by atoms with Crippen molar-refractivity contribution in [2.24, 2.45) is 0 Å². The van der Waals surface area contributed by atoms with Crippen LogP contribution in [0.15, 0.2) is 12.1 Å². The fraction of sp³-hybridized carbons (Fsp3) is 0.500. The van der Waals surface area contributed by atoms with E-state index in [0.717, 1.165) is 15.4 Å². The van der Waals surface area contributed by atoms with Gasteiger partial charge in [-0.3, -0.25) is 0 Å². The van der Waals surface area contributed by atoms with E-state index in [2.05, 4.69) is 0 Å². The zero-order valence-corrected chi connectivity index (χ0v) is 8.88. The minimum atomic E-state index is -4.37. The van der Waals surface area contributed by atoms with Crippen LogP contribution in [0.5, 0.6) is 0 Å². The Bertz CT molecular complexity index is 459. The lowest BCUT2D eigenvalue weighted by atomic mass is 10.2. The highest BCUT2D eigenvalue weighted by atomic mass is 19.4. The Morgan fingerprint density at radius 1 is 1.44 bits per heavy atom. The lowest BCUT2D eigenvalue weighted by Crippen LogP contribution is -2.36. The second-order valence-electron chi connectivity index (χ2n) is 3.97. The topological polar surface area (TPSA) is 31.0 Å². The first-order valence-corrected chi connectivity index (χ1v) is 4.89. The Morgan fingerprint density at radius 3 is 2.62 bits per heavy atom. The molecule has 0 radical (unpaired) electrons. The van der Waals surface area contributed by atoms with Gasteiger partial charge >= 0.3 is 6.18 Å². The smallest absolute Gasteiger partial charge is 0.431 e. The Hall–Kier alpha value is -1.46. The van der Waals surface area contributed by atoms with Gasteiger partial charge < -0.3 is 9.77 Å². The predicted octanol–water partition coefficient (Wildman–Crippen LogP) is 2.23. The first-order chi connectivity index (χ1) is 7.32. The molecule has 1 unspecified atom stereocenters. The van der Waals surface area contributed by atoms with Crippen LogP contribution in [-0.4, -0.2) is 21.1 Å². The van der Waals surface area contributed by atoms with E-state index in [-0.39, 0.29) is 6.54 Å². The van der Waals surface area contributed by atoms with Gasteiger partial charge in [0.2, 0.25) is 5.71 Å². The molecule has 88 valence electrons. The van der Waals surface area contributed by atoms with Gasteiger partial charge in [-0.15, -0.1) is 0 Å². The lowest BCUT2D eigenvalue weighted by Gasteiger charge is -2.24. The molecule has 2 heterocycles. The maximum Gasteiger partial charge on any atom is 0.431 e. The summed E-state index contributed by atoms with van der Waals surface area (Å²) < 4.78 is 39.8. The zero-order valence-electron chi connectivity index (χ0n) is 8.88. The molecule has 0 N–H and O–H groups in total. The van der Waals surface area contributed by atoms with E-state index in [4.69, 9.17) is 0 Å². The molecule has 1 atom stereocenters. The number of hydrogen-bond acceptors (Lipinski definition) is 1. The van der Waals surface area contributed by atoms with Crippen LogP contribution in [-0.2, 0) is 12.7 Å². The molecular weight excluding hydrogens is 221 g/mol. The van der Waals surface area contributed by atoms with E-state index in [0.29, 0.717) is 11.4 Å². The van der Waals surface area contributed by atoms with Crippen molar-refractivity contribution in [3.8, 4) is 0 Å². The van der Waals surface area contributed by atoms with Crippen LogP contribution >= 0.6 is 0 Å². The molecular formula is C10H11F3N2O. The van der Waals surface area contributed by atoms with E-state index < -0.39 is 17.9 Å². The highest BCUT2D eigenvalue weighted by molar-refractivity contribution is 5.94. The van der Waals surface area contributed by atoms with Crippen molar-refractivity contribution in [3.63, 3.8) is 0 Å². The molecule has 16 heavy (non-hydrogen) atoms. The summed E-state index contributed by atoms with van der Waals surface area (Å²) in [6.45, 7) is 3.21. The van der Waals surface area contributed by atoms with Gasteiger partial charge in [-0.2, -0.15) is 13.2 Å². The van der Waals surface area contributed by atoms with Gasteiger partial charge in [-0.05, 0) is 12.1 Å². The predicted molar refractivity (Wildman–Crippen MR) is 52.3 cm³/mol. The minimum absolute atomic E-state index is 0.0675. The van der Waals surface area contributed by atoms with Crippen molar-refractivity contribution < 1.29 is 17.9 Å². The normalized spacial score (nSPS) is 21.2. The van der Waals surface area contributed by atoms with Gasteiger partial charge in [-0.25, -0.2) is 4.74 Å². The van der Waals surface area contributed by atoms with Crippen molar-refractivity contribution in [1.29, 1.82) is 0 Å². The second-order valence-corrected chi connectivity index (χ2v) is 3.97. The molecule has 0 saturated heterocycles. The zero-order chi connectivity index (χ0) is 12.1. The molecule has 1 aromatic rings. The summed E-state index contributed by atoms with van der Waals surface area (Å²) in [5.74, 6) is 0. The van der Waals surface area contributed by atoms with Crippen LogP contribution in [0.2, 0.25) is 0 Å². The second kappa shape index (κ2) is 3.26. The highest BCUT2D eigenvalue weighted by Crippen LogP contribution is 2.32. The molecule has 1 aliphatic heterocycles. The summed E-state index contributed by atoms with van der Waals surface area (Å²) in [7, 11) is 0. The van der Waals surface area contributed by atoms with Crippen molar-refractivity contribution >= 4 is 5.71 Å². The quantitative estimate of drug-likeness (QED) is 0.498. The molecule has 0 fully saturated rings. The molecule has 0 amide bonds. The summed E-state index contributed by atoms with van der Waals surface area (Å²) in [4.78, 5) is 0. The average Bonchev–Trinajstić information content (AvgIpc) is 2.57. The van der Waals surface area contributed by atoms with Gasteiger partial charge in [0, 0.05) is 13.8 Å². The van der Waals surface area contributed by atoms with Crippen LogP contribution in [0.3, 0.4) is 0 Å². The summed E-state index contributed by atoms with van der Waals surface area (Å²) in [5.41, 5.74) is -0.0172. The molecule has 0 aliphatic carbocycles. The van der Waals surface area contributed by atoms with Crippen molar-refractivity contribution in [3.05, 3.63) is 28.7 Å². The van der Waals surface area contributed by atoms with Crippen LogP contribution in [0, 0.1) is 5.21 Å². The van der Waals surface area contributed by atoms with E-state index in [9.17, 15) is 18.4 Å². The van der Waals surface area contributed by atoms with Gasteiger partial charge in [0.25, 0.3) is 0 Å². The minimum Gasteiger partial charge on any atom is -0.623 e. The molecule has 0 saturated carbocycles. The fourth-order valence-corrected chi connectivity index (χ4v) is 2.01. The molecule has 1 aliphatic rings. The third kappa shape index (κ3) is 1.48. The van der Waals surface area contributed by atoms with E-state index in [1.165, 1.54) is 13.0 Å². The number of fused-ring (bicyclic) bond motifs is 1. The third-order valence-corrected chi connectivity index (χ3v) is 2.82. The number of hydroxylamine groups is 1. The monoisotopic (exact) mass is 232 g/mol. The maximum atomic E-state index is 12.6. The maximum absolute atomic E-state index is 12.6. The van der Waals surface area contributed by atoms with Crippen molar-refractivity contribution in [2.75, 3.05) is 0 Å². The Balaban J connectivity index is 2.58. The summed E-state index contributed by atoms with van der Waals surface area (Å²) in [5, 5.41) is 11.5. The van der Waals surface area contributed by atoms with E-state index in [1.54, 1.807) is 6.92 Å². The van der Waals surface area contributed by atoms with Crippen LogP contribution in [0.25, 0.3) is 0 Å². The molecule has 6 heteroatoms. The van der Waals surface area contributed by atoms with Gasteiger partial charge in [0.05, 0.1) is 6.54 Å². The summed E-state index contributed by atoms with van der Waals surface area (Å²) in [6.07, 6.45) is -4.37. The first kappa shape index (κ1) is 11.0. The molecule has 3 nitrogen and oxygen atoms in total. The Kier molecular flexibility index (Phi) is 2.25. The number of hydrogen-bond donors (Lipinski definition) is 0. The SMILES string of the molecule is CC1=[N+]([O-])C(C)Cn2c1ccc2C(F)(F)F. The molecule has 0 bridgehead atoms. The van der Waals surface area contributed by atoms with Gasteiger partial charge in [0.15, 0.2) is 6.04 Å². The standard InChI is InChI=1S/C10H11F3N2O/c1-6-5-14-8(7(2)15(6)16)3-4-9(14)10(11,12)13/h3-4,6H,5H2,1-2H3. The molecule has 1 aromatic heterocycles. The number of nitrogens with zero attached hydrogens (tertiary/aromatic N) is 2. The molecule has 0 aromatic carbocycles. The van der Waals surface area contributed by atoms with Crippen LogP contribution in [0.4, 0.5) is 13.2 Å². The number of rotatable bonds is 0. The van der Waals surface area contributed by atoms with E-state index >= 15 is 0 Å². The fourth-order valence-electron chi connectivity index (χ4n) is 2.01. The number of halogens is 3. The van der Waals surface area contributed by atoms with Crippen molar-refractivity contribution in [1.82, 2.24) is 4.57 Å². The third-order valence-electron chi connectivity index (χ3n) is 2.82. The van der Waals surface area contributed by atoms with E-state index in [1.807, 2.05) is 0 Å². The Labute approximate surface area is 90.4 Å². The highest BCUT2D eigenvalue weighted by Gasteiger charge is 2.38. The first-order valence-electron chi connectivity index (χ1n) is 4.89. The van der Waals surface area contributed by atoms with Gasteiger partial charge in [-0.1, -0.05) is 0 Å². The Morgan fingerprint density at radius 2 is 2.06 bits per heavy atom. The number of aromatic nitrogens is 1. The molecule has 2 rings (SSSR count). The largest absolute Gasteiger partial charge is 0.623 e. The lowest BCUT2D eigenvalue weighted by molar-refractivity contribution is -0.502. The van der Waals surface area contributed by atoms with Crippen molar-refractivity contribution in [2.45, 2.75) is 32.6 Å². The summed E-state index contributed by atoms with van der Waals surface area (Å²) in [6, 6.07) is 1.89. The summed E-state index contributed by atoms with van der Waals surface area (Å²) >= 11 is 0.